The van der Waals surface area contributed by atoms with Crippen molar-refractivity contribution in [2.24, 2.45) is 5.73 Å². The molecule has 0 atom stereocenters. The van der Waals surface area contributed by atoms with Crippen LogP contribution in [0.5, 0.6) is 5.75 Å². The van der Waals surface area contributed by atoms with Crippen LogP contribution in [0, 0.1) is 0 Å². The molecule has 0 aliphatic carbocycles. The molecule has 78 valence electrons. The monoisotopic (exact) mass is 266 g/mol. The summed E-state index contributed by atoms with van der Waals surface area (Å²) in [7, 11) is 0. The minimum absolute atomic E-state index is 0.504. The van der Waals surface area contributed by atoms with E-state index in [4.69, 9.17) is 10.5 Å². The first-order chi connectivity index (χ1) is 7.33. The van der Waals surface area contributed by atoms with Gasteiger partial charge < -0.3 is 10.5 Å². The molecule has 0 aliphatic heterocycles. The Hall–Kier alpha value is -1.13. The highest BCUT2D eigenvalue weighted by Gasteiger charge is 2.05. The summed E-state index contributed by atoms with van der Waals surface area (Å²) < 4.78 is 6.53. The molecule has 1 aromatic carbocycles. The molecule has 0 aliphatic rings. The lowest BCUT2D eigenvalue weighted by molar-refractivity contribution is 0.331. The first kappa shape index (κ1) is 10.4. The maximum Gasteiger partial charge on any atom is 0.145 e. The van der Waals surface area contributed by atoms with Crippen LogP contribution in [-0.2, 0) is 0 Å². The van der Waals surface area contributed by atoms with Crippen molar-refractivity contribution in [2.75, 3.05) is 13.2 Å². The predicted molar refractivity (Wildman–Crippen MR) is 64.0 cm³/mol. The van der Waals surface area contributed by atoms with Gasteiger partial charge in [-0.2, -0.15) is 0 Å². The summed E-state index contributed by atoms with van der Waals surface area (Å²) in [6, 6.07) is 7.76. The van der Waals surface area contributed by atoms with Crippen molar-refractivity contribution in [3.63, 3.8) is 0 Å². The Kier molecular flexibility index (Phi) is 3.18. The van der Waals surface area contributed by atoms with Crippen molar-refractivity contribution in [2.45, 2.75) is 0 Å². The third kappa shape index (κ3) is 2.11. The summed E-state index contributed by atoms with van der Waals surface area (Å²) >= 11 is 3.48. The summed E-state index contributed by atoms with van der Waals surface area (Å²) in [4.78, 5) is 4.30. The third-order valence-electron chi connectivity index (χ3n) is 2.05. The van der Waals surface area contributed by atoms with E-state index in [2.05, 4.69) is 20.9 Å². The molecular formula is C11H11BrN2O. The van der Waals surface area contributed by atoms with Crippen LogP contribution >= 0.6 is 15.9 Å². The van der Waals surface area contributed by atoms with Gasteiger partial charge in [0.2, 0.25) is 0 Å². The zero-order valence-electron chi connectivity index (χ0n) is 8.11. The topological polar surface area (TPSA) is 48.1 Å². The number of ether oxygens (including phenoxy) is 1. The van der Waals surface area contributed by atoms with Crippen LogP contribution in [0.4, 0.5) is 0 Å². The van der Waals surface area contributed by atoms with E-state index < -0.39 is 0 Å². The van der Waals surface area contributed by atoms with Crippen LogP contribution < -0.4 is 10.5 Å². The maximum absolute atomic E-state index is 5.52. The molecule has 3 nitrogen and oxygen atoms in total. The Bertz CT molecular complexity index is 473. The van der Waals surface area contributed by atoms with E-state index in [1.807, 2.05) is 24.3 Å². The number of benzene rings is 1. The minimum atomic E-state index is 0.504. The van der Waals surface area contributed by atoms with Gasteiger partial charge in [0.25, 0.3) is 0 Å². The highest BCUT2D eigenvalue weighted by atomic mass is 79.9. The van der Waals surface area contributed by atoms with Gasteiger partial charge in [0, 0.05) is 22.6 Å². The summed E-state index contributed by atoms with van der Waals surface area (Å²) in [5.41, 5.74) is 6.26. The second-order valence-electron chi connectivity index (χ2n) is 3.08. The van der Waals surface area contributed by atoms with Gasteiger partial charge in [-0.3, -0.25) is 4.98 Å². The molecule has 0 fully saturated rings. The van der Waals surface area contributed by atoms with Crippen LogP contribution in [0.1, 0.15) is 0 Å². The molecule has 4 heteroatoms. The fourth-order valence-corrected chi connectivity index (χ4v) is 1.85. The van der Waals surface area contributed by atoms with E-state index in [0.29, 0.717) is 13.2 Å². The number of aromatic nitrogens is 1. The van der Waals surface area contributed by atoms with Crippen molar-refractivity contribution in [3.8, 4) is 5.75 Å². The molecule has 1 aromatic heterocycles. The van der Waals surface area contributed by atoms with Crippen molar-refractivity contribution < 1.29 is 4.74 Å². The number of halogens is 1. The largest absolute Gasteiger partial charge is 0.490 e. The first-order valence-electron chi connectivity index (χ1n) is 4.69. The minimum Gasteiger partial charge on any atom is -0.490 e. The number of hydrogen-bond donors (Lipinski definition) is 1. The molecule has 0 unspecified atom stereocenters. The Morgan fingerprint density at radius 2 is 2.20 bits per heavy atom. The van der Waals surface area contributed by atoms with Gasteiger partial charge in [-0.25, -0.2) is 0 Å². The molecule has 2 N–H and O–H groups in total. The summed E-state index contributed by atoms with van der Waals surface area (Å²) in [5.74, 6) is 0.777. The Morgan fingerprint density at radius 3 is 3.00 bits per heavy atom. The zero-order chi connectivity index (χ0) is 10.7. The number of nitrogens with two attached hydrogens (primary N) is 1. The first-order valence-corrected chi connectivity index (χ1v) is 5.48. The van der Waals surface area contributed by atoms with E-state index in [0.717, 1.165) is 21.1 Å². The molecule has 0 spiro atoms. The number of fused-ring (bicyclic) bond motifs is 1. The molecule has 15 heavy (non-hydrogen) atoms. The van der Waals surface area contributed by atoms with Gasteiger partial charge in [0.1, 0.15) is 17.9 Å². The number of nitrogens with zero attached hydrogens (tertiary/aromatic N) is 1. The van der Waals surface area contributed by atoms with E-state index in [1.54, 1.807) is 6.20 Å². The van der Waals surface area contributed by atoms with Crippen LogP contribution in [0.25, 0.3) is 10.9 Å². The lowest BCUT2D eigenvalue weighted by atomic mass is 10.2. The molecule has 2 rings (SSSR count). The van der Waals surface area contributed by atoms with Gasteiger partial charge in [0.05, 0.1) is 0 Å². The summed E-state index contributed by atoms with van der Waals surface area (Å²) in [6.45, 7) is 1.01. The highest BCUT2D eigenvalue weighted by molar-refractivity contribution is 9.10. The van der Waals surface area contributed by atoms with E-state index in [-0.39, 0.29) is 0 Å². The van der Waals surface area contributed by atoms with Crippen molar-refractivity contribution in [1.29, 1.82) is 0 Å². The molecule has 0 amide bonds. The van der Waals surface area contributed by atoms with E-state index >= 15 is 0 Å². The highest BCUT2D eigenvalue weighted by Crippen LogP contribution is 2.29. The molecule has 1 heterocycles. The van der Waals surface area contributed by atoms with Crippen molar-refractivity contribution >= 4 is 26.8 Å². The second-order valence-corrected chi connectivity index (χ2v) is 3.94. The SMILES string of the molecule is NCCOc1ccc(Br)c2cccnc12. The van der Waals surface area contributed by atoms with E-state index in [1.165, 1.54) is 0 Å². The molecule has 0 saturated heterocycles. The predicted octanol–water partition coefficient (Wildman–Crippen LogP) is 2.33. The van der Waals surface area contributed by atoms with Crippen molar-refractivity contribution in [3.05, 3.63) is 34.9 Å². The van der Waals surface area contributed by atoms with Crippen LogP contribution in [0.15, 0.2) is 34.9 Å². The van der Waals surface area contributed by atoms with Crippen LogP contribution in [-0.4, -0.2) is 18.1 Å². The lowest BCUT2D eigenvalue weighted by Crippen LogP contribution is -2.10. The van der Waals surface area contributed by atoms with Gasteiger partial charge in [0.15, 0.2) is 0 Å². The summed E-state index contributed by atoms with van der Waals surface area (Å²) in [5, 5.41) is 1.05. The molecule has 0 saturated carbocycles. The standard InChI is InChI=1S/C11H11BrN2O/c12-9-3-4-10(15-7-5-13)11-8(9)2-1-6-14-11/h1-4,6H,5,7,13H2. The molecule has 2 aromatic rings. The normalized spacial score (nSPS) is 10.5. The fraction of sp³-hybridized carbons (Fsp3) is 0.182. The smallest absolute Gasteiger partial charge is 0.145 e. The van der Waals surface area contributed by atoms with Crippen LogP contribution in [0.2, 0.25) is 0 Å². The van der Waals surface area contributed by atoms with Crippen LogP contribution in [0.3, 0.4) is 0 Å². The average Bonchev–Trinajstić information content (AvgIpc) is 2.29. The molecular weight excluding hydrogens is 256 g/mol. The molecule has 0 radical (unpaired) electrons. The second kappa shape index (κ2) is 4.59. The van der Waals surface area contributed by atoms with E-state index in [9.17, 15) is 0 Å². The Balaban J connectivity index is 2.51. The van der Waals surface area contributed by atoms with Crippen molar-refractivity contribution in [1.82, 2.24) is 4.98 Å². The quantitative estimate of drug-likeness (QED) is 0.928. The number of rotatable bonds is 3. The average molecular weight is 267 g/mol. The maximum atomic E-state index is 5.52. The molecule has 0 bridgehead atoms. The van der Waals surface area contributed by atoms with Gasteiger partial charge in [-0.1, -0.05) is 22.0 Å². The van der Waals surface area contributed by atoms with Gasteiger partial charge >= 0.3 is 0 Å². The Labute approximate surface area is 96.4 Å². The zero-order valence-corrected chi connectivity index (χ0v) is 9.70. The third-order valence-corrected chi connectivity index (χ3v) is 2.75. The summed E-state index contributed by atoms with van der Waals surface area (Å²) in [6.07, 6.45) is 1.75. The number of hydrogen-bond acceptors (Lipinski definition) is 3. The van der Waals surface area contributed by atoms with Gasteiger partial charge in [-0.05, 0) is 18.2 Å². The Morgan fingerprint density at radius 1 is 1.33 bits per heavy atom. The van der Waals surface area contributed by atoms with Gasteiger partial charge in [-0.15, -0.1) is 0 Å². The lowest BCUT2D eigenvalue weighted by Gasteiger charge is -2.08. The number of pyridine rings is 1. The fourth-order valence-electron chi connectivity index (χ4n) is 1.40.